The van der Waals surface area contributed by atoms with Crippen LogP contribution in [0.3, 0.4) is 0 Å². The number of carbonyl (C=O) groups is 1. The van der Waals surface area contributed by atoms with Crippen molar-refractivity contribution in [2.45, 2.75) is 6.92 Å². The molecule has 0 bridgehead atoms. The molecule has 140 valence electrons. The first kappa shape index (κ1) is 17.9. The molecule has 7 heteroatoms. The van der Waals surface area contributed by atoms with E-state index < -0.39 is 0 Å². The van der Waals surface area contributed by atoms with Gasteiger partial charge in [0, 0.05) is 6.08 Å². The maximum absolute atomic E-state index is 12.4. The monoisotopic (exact) mass is 392 g/mol. The summed E-state index contributed by atoms with van der Waals surface area (Å²) in [6.45, 7) is 2.51. The molecule has 4 rings (SSSR count). The van der Waals surface area contributed by atoms with Crippen molar-refractivity contribution < 1.29 is 13.9 Å². The van der Waals surface area contributed by atoms with Crippen molar-refractivity contribution in [1.82, 2.24) is 4.98 Å². The van der Waals surface area contributed by atoms with Crippen LogP contribution in [-0.4, -0.2) is 17.5 Å². The van der Waals surface area contributed by atoms with Crippen molar-refractivity contribution in [1.29, 1.82) is 0 Å². The summed E-state index contributed by atoms with van der Waals surface area (Å²) < 4.78 is 11.8. The van der Waals surface area contributed by atoms with Crippen molar-refractivity contribution in [3.05, 3.63) is 70.6 Å². The topological polar surface area (TPSA) is 81.4 Å². The highest BCUT2D eigenvalue weighted by molar-refractivity contribution is 7.22. The zero-order valence-electron chi connectivity index (χ0n) is 15.0. The molecule has 0 radical (unpaired) electrons. The Morgan fingerprint density at radius 3 is 3.00 bits per heavy atom. The fraction of sp³-hybridized carbons (Fsp3) is 0.0952. The van der Waals surface area contributed by atoms with Crippen molar-refractivity contribution in [2.75, 3.05) is 11.9 Å². The average molecular weight is 392 g/mol. The van der Waals surface area contributed by atoms with Gasteiger partial charge in [0.25, 0.3) is 0 Å². The third kappa shape index (κ3) is 3.65. The summed E-state index contributed by atoms with van der Waals surface area (Å²) in [6.07, 6.45) is 4.08. The van der Waals surface area contributed by atoms with Gasteiger partial charge in [-0.15, -0.1) is 0 Å². The summed E-state index contributed by atoms with van der Waals surface area (Å²) in [4.78, 5) is 29.0. The molecule has 0 saturated carbocycles. The molecule has 0 aliphatic rings. The molecule has 0 unspecified atom stereocenters. The van der Waals surface area contributed by atoms with Crippen molar-refractivity contribution in [3.63, 3.8) is 0 Å². The molecule has 0 fully saturated rings. The number of anilines is 1. The lowest BCUT2D eigenvalue weighted by molar-refractivity contribution is -0.111. The Balaban J connectivity index is 1.52. The number of aromatic nitrogens is 1. The van der Waals surface area contributed by atoms with Crippen LogP contribution in [0.2, 0.25) is 0 Å². The van der Waals surface area contributed by atoms with Crippen LogP contribution in [0.1, 0.15) is 12.5 Å². The third-order valence-corrected chi connectivity index (χ3v) is 4.96. The molecule has 6 nitrogen and oxygen atoms in total. The Bertz CT molecular complexity index is 1260. The average Bonchev–Trinajstić information content (AvgIpc) is 3.09. The first-order valence-corrected chi connectivity index (χ1v) is 9.48. The van der Waals surface area contributed by atoms with Crippen LogP contribution in [0.25, 0.3) is 27.3 Å². The Labute approximate surface area is 164 Å². The highest BCUT2D eigenvalue weighted by Crippen LogP contribution is 2.29. The van der Waals surface area contributed by atoms with Gasteiger partial charge in [0.05, 0.1) is 27.8 Å². The van der Waals surface area contributed by atoms with Crippen LogP contribution in [-0.2, 0) is 4.79 Å². The van der Waals surface area contributed by atoms with E-state index in [1.54, 1.807) is 24.3 Å². The third-order valence-electron chi connectivity index (χ3n) is 4.02. The number of carbonyl (C=O) groups excluding carboxylic acids is 1. The lowest BCUT2D eigenvalue weighted by atomic mass is 10.1. The van der Waals surface area contributed by atoms with Crippen molar-refractivity contribution in [3.8, 4) is 5.75 Å². The standard InChI is InChI=1S/C21H16N2O4S/c1-2-26-14-8-9-16-18(11-14)28-21(22-16)23-19(24)10-7-13-12-27-17-6-4-3-5-15(17)20(13)25/h3-12H,2H2,1H3,(H,22,23,24)/b10-7+. The number of para-hydroxylation sites is 1. The highest BCUT2D eigenvalue weighted by atomic mass is 32.1. The zero-order valence-corrected chi connectivity index (χ0v) is 15.8. The Hall–Kier alpha value is -3.45. The number of ether oxygens (including phenoxy) is 1. The number of fused-ring (bicyclic) bond motifs is 2. The lowest BCUT2D eigenvalue weighted by Crippen LogP contribution is -2.09. The molecule has 2 heterocycles. The maximum atomic E-state index is 12.4. The second-order valence-corrected chi connectivity index (χ2v) is 6.95. The Morgan fingerprint density at radius 2 is 2.14 bits per heavy atom. The summed E-state index contributed by atoms with van der Waals surface area (Å²) in [6, 6.07) is 12.6. The molecule has 1 N–H and O–H groups in total. The normalized spacial score (nSPS) is 11.3. The number of amides is 1. The number of nitrogens with zero attached hydrogens (tertiary/aromatic N) is 1. The van der Waals surface area contributed by atoms with Gasteiger partial charge in [0.15, 0.2) is 10.6 Å². The maximum Gasteiger partial charge on any atom is 0.250 e. The molecule has 28 heavy (non-hydrogen) atoms. The number of nitrogens with one attached hydrogen (secondary N) is 1. The molecular weight excluding hydrogens is 376 g/mol. The lowest BCUT2D eigenvalue weighted by Gasteiger charge is -2.00. The molecule has 1 amide bonds. The van der Waals surface area contributed by atoms with E-state index in [1.807, 2.05) is 25.1 Å². The second kappa shape index (κ2) is 7.66. The summed E-state index contributed by atoms with van der Waals surface area (Å²) in [5.41, 5.74) is 1.41. The quantitative estimate of drug-likeness (QED) is 0.507. The molecule has 0 spiro atoms. The first-order valence-electron chi connectivity index (χ1n) is 8.67. The SMILES string of the molecule is CCOc1ccc2nc(NC(=O)/C=C/c3coc4ccccc4c3=O)sc2c1. The van der Waals surface area contributed by atoms with E-state index in [9.17, 15) is 9.59 Å². The van der Waals surface area contributed by atoms with E-state index >= 15 is 0 Å². The molecular formula is C21H16N2O4S. The zero-order chi connectivity index (χ0) is 19.5. The number of thiazole rings is 1. The number of hydrogen-bond acceptors (Lipinski definition) is 6. The van der Waals surface area contributed by atoms with E-state index in [4.69, 9.17) is 9.15 Å². The summed E-state index contributed by atoms with van der Waals surface area (Å²) in [5.74, 6) is 0.385. The van der Waals surface area contributed by atoms with Crippen molar-refractivity contribution in [2.24, 2.45) is 0 Å². The van der Waals surface area contributed by atoms with E-state index in [0.29, 0.717) is 28.3 Å². The van der Waals surface area contributed by atoms with E-state index in [0.717, 1.165) is 16.0 Å². The van der Waals surface area contributed by atoms with E-state index in [1.165, 1.54) is 29.8 Å². The predicted octanol–water partition coefficient (Wildman–Crippen LogP) is 4.45. The Morgan fingerprint density at radius 1 is 1.29 bits per heavy atom. The van der Waals surface area contributed by atoms with Crippen LogP contribution in [0.4, 0.5) is 5.13 Å². The summed E-state index contributed by atoms with van der Waals surface area (Å²) in [7, 11) is 0. The molecule has 0 aliphatic heterocycles. The minimum Gasteiger partial charge on any atom is -0.494 e. The molecule has 2 aromatic carbocycles. The minimum absolute atomic E-state index is 0.186. The van der Waals surface area contributed by atoms with Crippen LogP contribution in [0.5, 0.6) is 5.75 Å². The van der Waals surface area contributed by atoms with Crippen LogP contribution < -0.4 is 15.5 Å². The van der Waals surface area contributed by atoms with Gasteiger partial charge in [-0.2, -0.15) is 0 Å². The predicted molar refractivity (Wildman–Crippen MR) is 111 cm³/mol. The van der Waals surface area contributed by atoms with Gasteiger partial charge >= 0.3 is 0 Å². The Kier molecular flexibility index (Phi) is 4.90. The van der Waals surface area contributed by atoms with Crippen LogP contribution in [0.15, 0.2) is 64.0 Å². The molecule has 0 atom stereocenters. The van der Waals surface area contributed by atoms with Gasteiger partial charge in [-0.1, -0.05) is 23.5 Å². The molecule has 4 aromatic rings. The minimum atomic E-state index is -0.378. The van der Waals surface area contributed by atoms with Gasteiger partial charge in [-0.25, -0.2) is 4.98 Å². The molecule has 2 aromatic heterocycles. The summed E-state index contributed by atoms with van der Waals surface area (Å²) >= 11 is 1.36. The van der Waals surface area contributed by atoms with Gasteiger partial charge in [-0.05, 0) is 43.3 Å². The fourth-order valence-corrected chi connectivity index (χ4v) is 3.63. The largest absolute Gasteiger partial charge is 0.494 e. The van der Waals surface area contributed by atoms with Gasteiger partial charge in [-0.3, -0.25) is 14.9 Å². The summed E-state index contributed by atoms with van der Waals surface area (Å²) in [5, 5.41) is 3.67. The second-order valence-electron chi connectivity index (χ2n) is 5.92. The molecule has 0 aliphatic carbocycles. The van der Waals surface area contributed by atoms with Gasteiger partial charge in [0.1, 0.15) is 17.6 Å². The van der Waals surface area contributed by atoms with E-state index in [-0.39, 0.29) is 11.3 Å². The van der Waals surface area contributed by atoms with Crippen molar-refractivity contribution >= 4 is 49.6 Å². The number of hydrogen-bond donors (Lipinski definition) is 1. The highest BCUT2D eigenvalue weighted by Gasteiger charge is 2.08. The van der Waals surface area contributed by atoms with Gasteiger partial charge in [0.2, 0.25) is 5.91 Å². The fourth-order valence-electron chi connectivity index (χ4n) is 2.74. The number of rotatable bonds is 5. The first-order chi connectivity index (χ1) is 13.6. The van der Waals surface area contributed by atoms with E-state index in [2.05, 4.69) is 10.3 Å². The smallest absolute Gasteiger partial charge is 0.250 e. The van der Waals surface area contributed by atoms with Crippen LogP contribution >= 0.6 is 11.3 Å². The van der Waals surface area contributed by atoms with Gasteiger partial charge < -0.3 is 9.15 Å². The number of benzene rings is 2. The van der Waals surface area contributed by atoms with Crippen LogP contribution in [0, 0.1) is 0 Å². The molecule has 0 saturated heterocycles.